The van der Waals surface area contributed by atoms with Crippen molar-refractivity contribution in [1.82, 2.24) is 24.6 Å². The predicted octanol–water partition coefficient (Wildman–Crippen LogP) is 1.48. The van der Waals surface area contributed by atoms with Crippen molar-refractivity contribution >= 4 is 23.6 Å². The van der Waals surface area contributed by atoms with E-state index in [-0.39, 0.29) is 6.04 Å². The van der Waals surface area contributed by atoms with Crippen LogP contribution in [0.5, 0.6) is 0 Å². The molecule has 2 aromatic heterocycles. The minimum atomic E-state index is -0.402. The quantitative estimate of drug-likeness (QED) is 0.790. The van der Waals surface area contributed by atoms with Crippen LogP contribution in [0.2, 0.25) is 5.15 Å². The number of rotatable bonds is 3. The summed E-state index contributed by atoms with van der Waals surface area (Å²) in [5.74, 6) is 0.625. The van der Waals surface area contributed by atoms with Gasteiger partial charge in [-0.05, 0) is 18.9 Å². The van der Waals surface area contributed by atoms with E-state index < -0.39 is 6.09 Å². The van der Waals surface area contributed by atoms with E-state index in [1.165, 1.54) is 11.1 Å². The fourth-order valence-electron chi connectivity index (χ4n) is 2.54. The molecule has 1 fully saturated rings. The third kappa shape index (κ3) is 3.70. The van der Waals surface area contributed by atoms with Gasteiger partial charge in [-0.25, -0.2) is 19.7 Å². The maximum absolute atomic E-state index is 12.1. The lowest BCUT2D eigenvalue weighted by Crippen LogP contribution is -2.47. The number of nitrogens with zero attached hydrogens (tertiary/aromatic N) is 6. The van der Waals surface area contributed by atoms with Crippen molar-refractivity contribution in [3.63, 3.8) is 0 Å². The Balaban J connectivity index is 1.54. The van der Waals surface area contributed by atoms with Crippen LogP contribution in [0, 0.1) is 0 Å². The molecule has 0 saturated carbocycles. The van der Waals surface area contributed by atoms with Gasteiger partial charge in [0.25, 0.3) is 0 Å². The fraction of sp³-hybridized carbons (Fsp3) is 0.429. The zero-order chi connectivity index (χ0) is 16.2. The summed E-state index contributed by atoms with van der Waals surface area (Å²) in [7, 11) is 1.75. The summed E-state index contributed by atoms with van der Waals surface area (Å²) in [5, 5.41) is 0.429. The highest BCUT2D eigenvalue weighted by atomic mass is 35.5. The summed E-state index contributed by atoms with van der Waals surface area (Å²) in [5.41, 5.74) is 0. The van der Waals surface area contributed by atoms with E-state index in [0.29, 0.717) is 11.1 Å². The molecule has 0 unspecified atom stereocenters. The first-order valence-corrected chi connectivity index (χ1v) is 7.68. The van der Waals surface area contributed by atoms with Crippen LogP contribution in [0.25, 0.3) is 0 Å². The highest BCUT2D eigenvalue weighted by Gasteiger charge is 2.27. The van der Waals surface area contributed by atoms with Gasteiger partial charge in [0.05, 0.1) is 6.20 Å². The summed E-state index contributed by atoms with van der Waals surface area (Å²) < 4.78 is 1.29. The number of piperidine rings is 1. The molecule has 0 atom stereocenters. The molecule has 23 heavy (non-hydrogen) atoms. The Morgan fingerprint density at radius 2 is 2.17 bits per heavy atom. The molecule has 1 aliphatic rings. The molecule has 0 spiro atoms. The summed E-state index contributed by atoms with van der Waals surface area (Å²) >= 11 is 5.90. The van der Waals surface area contributed by atoms with Crippen LogP contribution < -0.4 is 9.74 Å². The van der Waals surface area contributed by atoms with Gasteiger partial charge in [0.2, 0.25) is 5.95 Å². The molecular weight excluding hydrogens is 320 g/mol. The zero-order valence-corrected chi connectivity index (χ0v) is 13.4. The smallest absolute Gasteiger partial charge is 0.341 e. The van der Waals surface area contributed by atoms with Crippen LogP contribution in [0.3, 0.4) is 0 Å². The third-order valence-electron chi connectivity index (χ3n) is 3.86. The maximum Gasteiger partial charge on any atom is 0.434 e. The summed E-state index contributed by atoms with van der Waals surface area (Å²) in [4.78, 5) is 33.3. The molecule has 0 aliphatic carbocycles. The minimum absolute atomic E-state index is 0.112. The number of carbonyl (C=O) groups excluding carboxylic acids is 1. The van der Waals surface area contributed by atoms with Gasteiger partial charge in [0, 0.05) is 38.6 Å². The highest BCUT2D eigenvalue weighted by molar-refractivity contribution is 6.29. The lowest BCUT2D eigenvalue weighted by molar-refractivity contribution is 0.0827. The highest BCUT2D eigenvalue weighted by Crippen LogP contribution is 2.20. The molecule has 0 aromatic carbocycles. The summed E-state index contributed by atoms with van der Waals surface area (Å²) in [6.45, 7) is 1.52. The second kappa shape index (κ2) is 6.82. The molecular formula is C14H17ClN6O2. The number of hydrogen-bond acceptors (Lipinski definition) is 6. The molecule has 2 aromatic rings. The third-order valence-corrected chi connectivity index (χ3v) is 4.07. The van der Waals surface area contributed by atoms with Gasteiger partial charge in [-0.3, -0.25) is 0 Å². The number of imidazole rings is 1. The molecule has 1 saturated heterocycles. The van der Waals surface area contributed by atoms with Crippen LogP contribution in [0.4, 0.5) is 10.7 Å². The number of carbonyl (C=O) groups is 1. The molecule has 1 amide bonds. The Kier molecular flexibility index (Phi) is 4.61. The van der Waals surface area contributed by atoms with Crippen molar-refractivity contribution in [2.24, 2.45) is 0 Å². The van der Waals surface area contributed by atoms with Gasteiger partial charge in [0.15, 0.2) is 0 Å². The van der Waals surface area contributed by atoms with Crippen LogP contribution in [-0.4, -0.2) is 56.9 Å². The Morgan fingerprint density at radius 3 is 2.83 bits per heavy atom. The SMILES string of the molecule is CN(C(=O)On1ccnc1)C1CCN(c2nccc(Cl)n2)CC1. The van der Waals surface area contributed by atoms with Crippen molar-refractivity contribution < 1.29 is 9.63 Å². The number of halogens is 1. The van der Waals surface area contributed by atoms with Gasteiger partial charge in [0.1, 0.15) is 11.5 Å². The van der Waals surface area contributed by atoms with E-state index in [2.05, 4.69) is 19.9 Å². The Labute approximate surface area is 138 Å². The average molecular weight is 337 g/mol. The molecule has 3 rings (SSSR count). The summed E-state index contributed by atoms with van der Waals surface area (Å²) in [6, 6.07) is 1.76. The average Bonchev–Trinajstić information content (AvgIpc) is 3.07. The van der Waals surface area contributed by atoms with E-state index in [4.69, 9.17) is 16.4 Å². The van der Waals surface area contributed by atoms with Gasteiger partial charge < -0.3 is 14.6 Å². The van der Waals surface area contributed by atoms with E-state index in [1.807, 2.05) is 0 Å². The van der Waals surface area contributed by atoms with Crippen molar-refractivity contribution in [1.29, 1.82) is 0 Å². The van der Waals surface area contributed by atoms with Crippen molar-refractivity contribution in [3.05, 3.63) is 36.1 Å². The lowest BCUT2D eigenvalue weighted by Gasteiger charge is -2.36. The molecule has 1 aliphatic heterocycles. The van der Waals surface area contributed by atoms with E-state index in [1.54, 1.807) is 36.6 Å². The predicted molar refractivity (Wildman–Crippen MR) is 84.2 cm³/mol. The lowest BCUT2D eigenvalue weighted by atomic mass is 10.0. The Hall–Kier alpha value is -2.35. The van der Waals surface area contributed by atoms with Crippen LogP contribution in [0.1, 0.15) is 12.8 Å². The van der Waals surface area contributed by atoms with Crippen LogP contribution in [-0.2, 0) is 0 Å². The normalized spacial score (nSPS) is 15.5. The van der Waals surface area contributed by atoms with Gasteiger partial charge in [-0.15, -0.1) is 0 Å². The standard InChI is InChI=1S/C14H17ClN6O2/c1-19(14(22)23-21-9-6-16-10-21)11-3-7-20(8-4-11)13-17-5-2-12(15)18-13/h2,5-6,9-11H,3-4,7-8H2,1H3. The van der Waals surface area contributed by atoms with Gasteiger partial charge in [-0.1, -0.05) is 11.6 Å². The van der Waals surface area contributed by atoms with Gasteiger partial charge in [-0.2, -0.15) is 4.73 Å². The zero-order valence-electron chi connectivity index (χ0n) is 12.7. The Bertz CT molecular complexity index is 657. The topological polar surface area (TPSA) is 76.4 Å². The van der Waals surface area contributed by atoms with Crippen molar-refractivity contribution in [2.75, 3.05) is 25.0 Å². The van der Waals surface area contributed by atoms with Crippen LogP contribution >= 0.6 is 11.6 Å². The molecule has 3 heterocycles. The first kappa shape index (κ1) is 15.5. The fourth-order valence-corrected chi connectivity index (χ4v) is 2.67. The van der Waals surface area contributed by atoms with Crippen LogP contribution in [0.15, 0.2) is 31.0 Å². The number of anilines is 1. The van der Waals surface area contributed by atoms with E-state index in [9.17, 15) is 4.79 Å². The van der Waals surface area contributed by atoms with Crippen molar-refractivity contribution in [3.8, 4) is 0 Å². The van der Waals surface area contributed by atoms with Crippen molar-refractivity contribution in [2.45, 2.75) is 18.9 Å². The minimum Gasteiger partial charge on any atom is -0.341 e. The first-order valence-electron chi connectivity index (χ1n) is 7.30. The van der Waals surface area contributed by atoms with E-state index >= 15 is 0 Å². The number of aromatic nitrogens is 4. The Morgan fingerprint density at radius 1 is 1.39 bits per heavy atom. The summed E-state index contributed by atoms with van der Waals surface area (Å²) in [6.07, 6.45) is 7.43. The molecule has 0 N–H and O–H groups in total. The molecule has 122 valence electrons. The second-order valence-corrected chi connectivity index (χ2v) is 5.68. The molecule has 9 heteroatoms. The maximum atomic E-state index is 12.1. The van der Waals surface area contributed by atoms with E-state index in [0.717, 1.165) is 25.9 Å². The first-order chi connectivity index (χ1) is 11.1. The molecule has 0 radical (unpaired) electrons. The monoisotopic (exact) mass is 336 g/mol. The second-order valence-electron chi connectivity index (χ2n) is 5.29. The molecule has 0 bridgehead atoms. The largest absolute Gasteiger partial charge is 0.434 e. The number of hydrogen-bond donors (Lipinski definition) is 0. The number of amides is 1. The van der Waals surface area contributed by atoms with Gasteiger partial charge >= 0.3 is 6.09 Å². The molecule has 8 nitrogen and oxygen atoms in total.